The lowest BCUT2D eigenvalue weighted by Gasteiger charge is -2.41. The van der Waals surface area contributed by atoms with Crippen molar-refractivity contribution in [1.29, 1.82) is 0 Å². The van der Waals surface area contributed by atoms with E-state index < -0.39 is 10.0 Å². The molecule has 2 N–H and O–H groups in total. The molecule has 9 heteroatoms. The van der Waals surface area contributed by atoms with Crippen LogP contribution in [0.2, 0.25) is 0 Å². The third-order valence-corrected chi connectivity index (χ3v) is 9.60. The van der Waals surface area contributed by atoms with Gasteiger partial charge in [0.05, 0.1) is 17.3 Å². The first-order chi connectivity index (χ1) is 17.9. The van der Waals surface area contributed by atoms with Crippen molar-refractivity contribution in [2.75, 3.05) is 32.4 Å². The average Bonchev–Trinajstić information content (AvgIpc) is 3.46. The molecule has 3 fully saturated rings. The minimum absolute atomic E-state index is 0.0649. The number of fused-ring (bicyclic) bond motifs is 1. The number of sulfonamides is 1. The highest BCUT2D eigenvalue weighted by Crippen LogP contribution is 2.32. The summed E-state index contributed by atoms with van der Waals surface area (Å²) in [5.74, 6) is 0.682. The van der Waals surface area contributed by atoms with E-state index in [0.29, 0.717) is 25.0 Å². The summed E-state index contributed by atoms with van der Waals surface area (Å²) in [6.45, 7) is 4.06. The minimum Gasteiger partial charge on any atom is -0.312 e. The normalized spacial score (nSPS) is 26.9. The molecule has 0 radical (unpaired) electrons. The molecule has 1 aliphatic carbocycles. The van der Waals surface area contributed by atoms with Crippen LogP contribution in [0.3, 0.4) is 0 Å². The van der Waals surface area contributed by atoms with Crippen molar-refractivity contribution in [2.45, 2.75) is 95.3 Å². The quantitative estimate of drug-likeness (QED) is 0.545. The zero-order valence-corrected chi connectivity index (χ0v) is 23.2. The van der Waals surface area contributed by atoms with E-state index >= 15 is 0 Å². The number of aromatic nitrogens is 2. The number of hydrogen-bond donors (Lipinski definition) is 2. The summed E-state index contributed by atoms with van der Waals surface area (Å²) < 4.78 is 30.8. The second-order valence-electron chi connectivity index (χ2n) is 11.7. The van der Waals surface area contributed by atoms with Crippen LogP contribution in [0.25, 0.3) is 11.0 Å². The molecular weight excluding hydrogens is 486 g/mol. The fourth-order valence-electron chi connectivity index (χ4n) is 6.96. The lowest BCUT2D eigenvalue weighted by atomic mass is 9.89. The van der Waals surface area contributed by atoms with Gasteiger partial charge in [0.1, 0.15) is 0 Å². The molecule has 8 nitrogen and oxygen atoms in total. The highest BCUT2D eigenvalue weighted by atomic mass is 32.2. The number of nitrogens with zero attached hydrogens (tertiary/aromatic N) is 3. The average molecular weight is 532 g/mol. The summed E-state index contributed by atoms with van der Waals surface area (Å²) in [4.78, 5) is 16.4. The SMILES string of the molecule is CS(=O)(=O)NCC1CC(n2c(=O)n(CC3CCCN3)c3ccccc32)CCN1CC1CCCCCCC1. The van der Waals surface area contributed by atoms with Gasteiger partial charge in [0, 0.05) is 44.3 Å². The number of para-hydroxylation sites is 2. The maximum atomic E-state index is 13.8. The van der Waals surface area contributed by atoms with E-state index in [2.05, 4.69) is 27.1 Å². The number of benzene rings is 1. The first-order valence-electron chi connectivity index (χ1n) is 14.5. The molecule has 3 atom stereocenters. The van der Waals surface area contributed by atoms with Gasteiger partial charge in [-0.15, -0.1) is 0 Å². The molecule has 0 spiro atoms. The third kappa shape index (κ3) is 6.67. The van der Waals surface area contributed by atoms with Crippen LogP contribution in [-0.4, -0.2) is 67.0 Å². The van der Waals surface area contributed by atoms with Crippen LogP contribution in [0.1, 0.15) is 76.7 Å². The Hall–Kier alpha value is -1.68. The number of nitrogens with one attached hydrogen (secondary N) is 2. The molecule has 37 heavy (non-hydrogen) atoms. The van der Waals surface area contributed by atoms with Gasteiger partial charge in [0.25, 0.3) is 0 Å². The number of likely N-dealkylation sites (tertiary alicyclic amines) is 1. The summed E-state index contributed by atoms with van der Waals surface area (Å²) in [5.41, 5.74) is 2.07. The Labute approximate surface area is 221 Å². The second-order valence-corrected chi connectivity index (χ2v) is 13.5. The van der Waals surface area contributed by atoms with Crippen LogP contribution in [0, 0.1) is 5.92 Å². The largest absolute Gasteiger partial charge is 0.329 e. The Morgan fingerprint density at radius 2 is 1.68 bits per heavy atom. The highest BCUT2D eigenvalue weighted by molar-refractivity contribution is 7.88. The Balaban J connectivity index is 1.38. The topological polar surface area (TPSA) is 88.4 Å². The third-order valence-electron chi connectivity index (χ3n) is 8.91. The zero-order chi connectivity index (χ0) is 25.8. The van der Waals surface area contributed by atoms with Crippen LogP contribution < -0.4 is 15.7 Å². The summed E-state index contributed by atoms with van der Waals surface area (Å²) in [6, 6.07) is 8.66. The van der Waals surface area contributed by atoms with Gasteiger partial charge in [0.15, 0.2) is 0 Å². The molecule has 2 saturated heterocycles. The predicted molar refractivity (Wildman–Crippen MR) is 150 cm³/mol. The highest BCUT2D eigenvalue weighted by Gasteiger charge is 2.33. The van der Waals surface area contributed by atoms with Crippen molar-refractivity contribution < 1.29 is 8.42 Å². The van der Waals surface area contributed by atoms with E-state index in [1.807, 2.05) is 21.3 Å². The lowest BCUT2D eigenvalue weighted by molar-refractivity contribution is 0.0924. The van der Waals surface area contributed by atoms with Crippen molar-refractivity contribution in [3.8, 4) is 0 Å². The molecule has 3 unspecified atom stereocenters. The monoisotopic (exact) mass is 531 g/mol. The van der Waals surface area contributed by atoms with Crippen molar-refractivity contribution in [3.63, 3.8) is 0 Å². The maximum absolute atomic E-state index is 13.8. The molecule has 5 rings (SSSR count). The predicted octanol–water partition coefficient (Wildman–Crippen LogP) is 3.47. The van der Waals surface area contributed by atoms with Crippen molar-refractivity contribution in [1.82, 2.24) is 24.1 Å². The molecule has 1 aromatic carbocycles. The van der Waals surface area contributed by atoms with E-state index in [9.17, 15) is 13.2 Å². The van der Waals surface area contributed by atoms with E-state index in [1.165, 1.54) is 51.2 Å². The van der Waals surface area contributed by atoms with E-state index in [0.717, 1.165) is 56.4 Å². The van der Waals surface area contributed by atoms with Crippen LogP contribution in [0.4, 0.5) is 0 Å². The van der Waals surface area contributed by atoms with E-state index in [1.54, 1.807) is 0 Å². The van der Waals surface area contributed by atoms with Gasteiger partial charge in [-0.05, 0) is 63.1 Å². The van der Waals surface area contributed by atoms with Gasteiger partial charge in [-0.2, -0.15) is 0 Å². The van der Waals surface area contributed by atoms with Gasteiger partial charge in [-0.3, -0.25) is 14.0 Å². The molecule has 1 saturated carbocycles. The standard InChI is InChI=1S/C28H45N5O3S/c1-37(35,36)30-19-25-18-24(15-17-31(25)20-22-10-5-3-2-4-6-11-22)33-27-14-8-7-13-26(27)32(28(33)34)21-23-12-9-16-29-23/h7-8,13-14,22-25,29-30H,2-6,9-12,15-21H2,1H3. The molecule has 3 heterocycles. The van der Waals surface area contributed by atoms with Gasteiger partial charge < -0.3 is 5.32 Å². The zero-order valence-electron chi connectivity index (χ0n) is 22.4. The summed E-state index contributed by atoms with van der Waals surface area (Å²) in [7, 11) is -3.28. The second kappa shape index (κ2) is 12.0. The minimum atomic E-state index is -3.28. The molecule has 1 aromatic heterocycles. The molecular formula is C28H45N5O3S. The van der Waals surface area contributed by atoms with E-state index in [4.69, 9.17) is 0 Å². The van der Waals surface area contributed by atoms with Crippen LogP contribution >= 0.6 is 0 Å². The fraction of sp³-hybridized carbons (Fsp3) is 0.750. The Bertz CT molecular complexity index is 1190. The first kappa shape index (κ1) is 26.9. The summed E-state index contributed by atoms with van der Waals surface area (Å²) >= 11 is 0. The van der Waals surface area contributed by atoms with Gasteiger partial charge in [-0.1, -0.05) is 44.2 Å². The first-order valence-corrected chi connectivity index (χ1v) is 16.4. The number of rotatable bonds is 8. The Kier molecular flexibility index (Phi) is 8.74. The van der Waals surface area contributed by atoms with Gasteiger partial charge in [0.2, 0.25) is 10.0 Å². The lowest BCUT2D eigenvalue weighted by Crippen LogP contribution is -2.51. The fourth-order valence-corrected chi connectivity index (χ4v) is 7.46. The number of imidazole rings is 1. The summed E-state index contributed by atoms with van der Waals surface area (Å²) in [6.07, 6.45) is 14.4. The summed E-state index contributed by atoms with van der Waals surface area (Å²) in [5, 5.41) is 3.54. The smallest absolute Gasteiger partial charge is 0.312 e. The van der Waals surface area contributed by atoms with Crippen molar-refractivity contribution in [2.24, 2.45) is 5.92 Å². The van der Waals surface area contributed by atoms with Gasteiger partial charge in [-0.25, -0.2) is 17.9 Å². The van der Waals surface area contributed by atoms with Crippen LogP contribution in [0.15, 0.2) is 29.1 Å². The molecule has 0 amide bonds. The van der Waals surface area contributed by atoms with Crippen molar-refractivity contribution >= 4 is 21.1 Å². The molecule has 2 aromatic rings. The molecule has 2 aliphatic heterocycles. The van der Waals surface area contributed by atoms with Gasteiger partial charge >= 0.3 is 5.69 Å². The number of piperidine rings is 1. The van der Waals surface area contributed by atoms with Crippen LogP contribution in [-0.2, 0) is 16.6 Å². The molecule has 0 bridgehead atoms. The van der Waals surface area contributed by atoms with Crippen molar-refractivity contribution in [3.05, 3.63) is 34.7 Å². The Morgan fingerprint density at radius 1 is 0.946 bits per heavy atom. The van der Waals surface area contributed by atoms with Crippen LogP contribution in [0.5, 0.6) is 0 Å². The molecule has 3 aliphatic rings. The van der Waals surface area contributed by atoms with E-state index in [-0.39, 0.29) is 17.8 Å². The molecule has 206 valence electrons. The number of hydrogen-bond acceptors (Lipinski definition) is 5. The Morgan fingerprint density at radius 3 is 2.38 bits per heavy atom. The maximum Gasteiger partial charge on any atom is 0.329 e.